The summed E-state index contributed by atoms with van der Waals surface area (Å²) >= 11 is 6.55. The molecule has 2 aromatic rings. The molecular weight excluding hydrogens is 495 g/mol. The summed E-state index contributed by atoms with van der Waals surface area (Å²) in [6.45, 7) is 0. The van der Waals surface area contributed by atoms with Crippen LogP contribution in [-0.2, 0) is 22.1 Å². The number of halogens is 5. The molecule has 0 aliphatic heterocycles. The molecule has 27 heavy (non-hydrogen) atoms. The van der Waals surface area contributed by atoms with Gasteiger partial charge in [-0.1, -0.05) is 44.0 Å². The average molecular weight is 509 g/mol. The summed E-state index contributed by atoms with van der Waals surface area (Å²) in [5.74, 6) is -1.21. The van der Waals surface area contributed by atoms with Crippen molar-refractivity contribution in [3.05, 3.63) is 68.1 Å². The number of amides is 1. The smallest absolute Gasteiger partial charge is 0.416 e. The first-order valence-electron chi connectivity index (χ1n) is 7.61. The fraction of sp³-hybridized carbons (Fsp3) is 0.222. The number of hydrogen-bond acceptors (Lipinski definition) is 3. The second kappa shape index (κ2) is 8.88. The molecule has 0 aromatic heterocycles. The van der Waals surface area contributed by atoms with E-state index in [9.17, 15) is 22.8 Å². The number of esters is 1. The summed E-state index contributed by atoms with van der Waals surface area (Å²) in [6.07, 6.45) is -4.45. The van der Waals surface area contributed by atoms with E-state index in [1.165, 1.54) is 19.2 Å². The van der Waals surface area contributed by atoms with E-state index in [0.29, 0.717) is 20.1 Å². The van der Waals surface area contributed by atoms with E-state index in [1.807, 2.05) is 0 Å². The summed E-state index contributed by atoms with van der Waals surface area (Å²) < 4.78 is 44.0. The molecule has 9 heteroatoms. The van der Waals surface area contributed by atoms with Gasteiger partial charge < -0.3 is 10.1 Å². The van der Waals surface area contributed by atoms with Crippen molar-refractivity contribution in [2.45, 2.75) is 18.6 Å². The number of alkyl halides is 3. The fourth-order valence-electron chi connectivity index (χ4n) is 2.33. The first kappa shape index (κ1) is 21.4. The molecule has 0 aliphatic rings. The second-order valence-corrected chi connectivity index (χ2v) is 7.44. The standard InChI is InChI=1S/C18H14Br2F3NO3/c1-27-17(26)15(6-10-2-4-12(5-3-10)18(21,22)23)24-16(25)11-7-13(19)9-14(20)8-11/h2-5,7-9,15H,6H2,1H3,(H,24,25)/t15-/m0/s1. The number of carbonyl (C=O) groups is 2. The van der Waals surface area contributed by atoms with Crippen LogP contribution in [0.2, 0.25) is 0 Å². The van der Waals surface area contributed by atoms with Crippen LogP contribution in [0.1, 0.15) is 21.5 Å². The van der Waals surface area contributed by atoms with Crippen LogP contribution < -0.4 is 5.32 Å². The molecular formula is C18H14Br2F3NO3. The monoisotopic (exact) mass is 507 g/mol. The molecule has 2 aromatic carbocycles. The molecule has 4 nitrogen and oxygen atoms in total. The van der Waals surface area contributed by atoms with E-state index < -0.39 is 29.7 Å². The topological polar surface area (TPSA) is 55.4 Å². The minimum atomic E-state index is -4.44. The molecule has 144 valence electrons. The zero-order chi connectivity index (χ0) is 20.2. The lowest BCUT2D eigenvalue weighted by molar-refractivity contribution is -0.143. The van der Waals surface area contributed by atoms with Gasteiger partial charge in [0.2, 0.25) is 0 Å². The third-order valence-corrected chi connectivity index (χ3v) is 4.55. The fourth-order valence-corrected chi connectivity index (χ4v) is 3.62. The van der Waals surface area contributed by atoms with Crippen LogP contribution >= 0.6 is 31.9 Å². The third-order valence-electron chi connectivity index (χ3n) is 3.64. The van der Waals surface area contributed by atoms with Crippen molar-refractivity contribution in [3.8, 4) is 0 Å². The average Bonchev–Trinajstić information content (AvgIpc) is 2.59. The van der Waals surface area contributed by atoms with Gasteiger partial charge in [0, 0.05) is 20.9 Å². The van der Waals surface area contributed by atoms with Crippen molar-refractivity contribution in [1.29, 1.82) is 0 Å². The Labute approximate surface area is 170 Å². The van der Waals surface area contributed by atoms with Crippen molar-refractivity contribution in [2.75, 3.05) is 7.11 Å². The Bertz CT molecular complexity index is 818. The molecule has 0 spiro atoms. The molecule has 0 heterocycles. The minimum Gasteiger partial charge on any atom is -0.467 e. The van der Waals surface area contributed by atoms with Crippen LogP contribution in [0.15, 0.2) is 51.4 Å². The predicted molar refractivity (Wildman–Crippen MR) is 100 cm³/mol. The van der Waals surface area contributed by atoms with Crippen LogP contribution in [0.3, 0.4) is 0 Å². The molecule has 1 amide bonds. The van der Waals surface area contributed by atoms with Crippen LogP contribution in [0.5, 0.6) is 0 Å². The Morgan fingerprint density at radius 1 is 1.07 bits per heavy atom. The molecule has 0 bridgehead atoms. The van der Waals surface area contributed by atoms with Crippen molar-refractivity contribution < 1.29 is 27.5 Å². The first-order valence-corrected chi connectivity index (χ1v) is 9.19. The molecule has 0 saturated heterocycles. The highest BCUT2D eigenvalue weighted by Crippen LogP contribution is 2.29. The maximum atomic E-state index is 12.7. The number of hydrogen-bond donors (Lipinski definition) is 1. The highest BCUT2D eigenvalue weighted by Gasteiger charge is 2.30. The largest absolute Gasteiger partial charge is 0.467 e. The number of nitrogens with one attached hydrogen (secondary N) is 1. The van der Waals surface area contributed by atoms with E-state index in [0.717, 1.165) is 12.1 Å². The summed E-state index contributed by atoms with van der Waals surface area (Å²) in [5.41, 5.74) is -0.0319. The van der Waals surface area contributed by atoms with Crippen molar-refractivity contribution in [1.82, 2.24) is 5.32 Å². The number of carbonyl (C=O) groups excluding carboxylic acids is 2. The van der Waals surface area contributed by atoms with Gasteiger partial charge in [0.25, 0.3) is 5.91 Å². The Morgan fingerprint density at radius 2 is 1.63 bits per heavy atom. The van der Waals surface area contributed by atoms with Gasteiger partial charge in [0.05, 0.1) is 12.7 Å². The zero-order valence-electron chi connectivity index (χ0n) is 13.9. The van der Waals surface area contributed by atoms with Crippen LogP contribution in [-0.4, -0.2) is 25.0 Å². The highest BCUT2D eigenvalue weighted by atomic mass is 79.9. The SMILES string of the molecule is COC(=O)[C@H](Cc1ccc(C(F)(F)F)cc1)NC(=O)c1cc(Br)cc(Br)c1. The minimum absolute atomic E-state index is 0.00821. The maximum absolute atomic E-state index is 12.7. The molecule has 0 aliphatic carbocycles. The van der Waals surface area contributed by atoms with Crippen molar-refractivity contribution in [2.24, 2.45) is 0 Å². The summed E-state index contributed by atoms with van der Waals surface area (Å²) in [6, 6.07) is 8.24. The predicted octanol–water partition coefficient (Wildman–Crippen LogP) is 4.74. The summed E-state index contributed by atoms with van der Waals surface area (Å²) in [5, 5.41) is 2.55. The lowest BCUT2D eigenvalue weighted by Gasteiger charge is -2.17. The summed E-state index contributed by atoms with van der Waals surface area (Å²) in [7, 11) is 1.17. The Kier molecular flexibility index (Phi) is 7.05. The quantitative estimate of drug-likeness (QED) is 0.593. The number of methoxy groups -OCH3 is 1. The Hall–Kier alpha value is -1.87. The Morgan fingerprint density at radius 3 is 2.11 bits per heavy atom. The van der Waals surface area contributed by atoms with Gasteiger partial charge in [-0.3, -0.25) is 4.79 Å². The van der Waals surface area contributed by atoms with Crippen LogP contribution in [0.4, 0.5) is 13.2 Å². The lowest BCUT2D eigenvalue weighted by atomic mass is 10.0. The molecule has 0 saturated carbocycles. The molecule has 0 unspecified atom stereocenters. The molecule has 2 rings (SSSR count). The maximum Gasteiger partial charge on any atom is 0.416 e. The van der Waals surface area contributed by atoms with Crippen LogP contribution in [0.25, 0.3) is 0 Å². The van der Waals surface area contributed by atoms with Crippen LogP contribution in [0, 0.1) is 0 Å². The Balaban J connectivity index is 2.18. The molecule has 0 fully saturated rings. The van der Waals surface area contributed by atoms with E-state index in [2.05, 4.69) is 37.2 Å². The number of rotatable bonds is 5. The normalized spacial score (nSPS) is 12.4. The van der Waals surface area contributed by atoms with E-state index in [-0.39, 0.29) is 6.42 Å². The van der Waals surface area contributed by atoms with Gasteiger partial charge >= 0.3 is 12.1 Å². The summed E-state index contributed by atoms with van der Waals surface area (Å²) in [4.78, 5) is 24.5. The lowest BCUT2D eigenvalue weighted by Crippen LogP contribution is -2.43. The van der Waals surface area contributed by atoms with Crippen molar-refractivity contribution >= 4 is 43.7 Å². The number of benzene rings is 2. The van der Waals surface area contributed by atoms with Gasteiger partial charge in [-0.15, -0.1) is 0 Å². The van der Waals surface area contributed by atoms with Gasteiger partial charge in [0.1, 0.15) is 6.04 Å². The highest BCUT2D eigenvalue weighted by molar-refractivity contribution is 9.11. The molecule has 1 N–H and O–H groups in total. The third kappa shape index (κ3) is 6.07. The van der Waals surface area contributed by atoms with Gasteiger partial charge in [-0.2, -0.15) is 13.2 Å². The van der Waals surface area contributed by atoms with E-state index >= 15 is 0 Å². The van der Waals surface area contributed by atoms with Crippen molar-refractivity contribution in [3.63, 3.8) is 0 Å². The van der Waals surface area contributed by atoms with E-state index in [1.54, 1.807) is 18.2 Å². The first-order chi connectivity index (χ1) is 12.6. The van der Waals surface area contributed by atoms with Gasteiger partial charge in [-0.05, 0) is 35.9 Å². The number of ether oxygens (including phenoxy) is 1. The molecule has 0 radical (unpaired) electrons. The zero-order valence-corrected chi connectivity index (χ0v) is 17.1. The second-order valence-electron chi connectivity index (χ2n) is 5.61. The van der Waals surface area contributed by atoms with Gasteiger partial charge in [0.15, 0.2) is 0 Å². The molecule has 1 atom stereocenters. The van der Waals surface area contributed by atoms with E-state index in [4.69, 9.17) is 4.74 Å². The van der Waals surface area contributed by atoms with Gasteiger partial charge in [-0.25, -0.2) is 4.79 Å².